The van der Waals surface area contributed by atoms with E-state index in [4.69, 9.17) is 9.47 Å². The van der Waals surface area contributed by atoms with Gasteiger partial charge in [0.2, 0.25) is 5.91 Å². The Balaban J connectivity index is 2.38. The van der Waals surface area contributed by atoms with E-state index in [1.807, 2.05) is 0 Å². The highest BCUT2D eigenvalue weighted by molar-refractivity contribution is 7.18. The lowest BCUT2D eigenvalue weighted by Crippen LogP contribution is -2.26. The van der Waals surface area contributed by atoms with Crippen LogP contribution >= 0.6 is 11.3 Å². The minimum absolute atomic E-state index is 0.00688. The Hall–Kier alpha value is -2.89. The Morgan fingerprint density at radius 3 is 2.42 bits per heavy atom. The molecule has 170 valence electrons. The molecule has 0 aliphatic heterocycles. The predicted molar refractivity (Wildman–Crippen MR) is 106 cm³/mol. The van der Waals surface area contributed by atoms with Gasteiger partial charge in [-0.2, -0.15) is 18.3 Å². The number of nitrogens with zero attached hydrogens (tertiary/aromatic N) is 2. The summed E-state index contributed by atoms with van der Waals surface area (Å²) in [4.78, 5) is 37.4. The van der Waals surface area contributed by atoms with Crippen LogP contribution in [0.1, 0.15) is 63.3 Å². The molecule has 2 rings (SSSR count). The average molecular weight is 461 g/mol. The van der Waals surface area contributed by atoms with Crippen molar-refractivity contribution < 1.29 is 37.0 Å². The van der Waals surface area contributed by atoms with Gasteiger partial charge in [-0.15, -0.1) is 11.3 Å². The Morgan fingerprint density at radius 1 is 1.26 bits per heavy atom. The number of hydrogen-bond acceptors (Lipinski definition) is 7. The zero-order valence-electron chi connectivity index (χ0n) is 17.5. The van der Waals surface area contributed by atoms with Crippen LogP contribution in [0.5, 0.6) is 0 Å². The number of halogens is 3. The lowest BCUT2D eigenvalue weighted by molar-refractivity contribution is -0.141. The maximum Gasteiger partial charge on any atom is 0.435 e. The summed E-state index contributed by atoms with van der Waals surface area (Å²) >= 11 is 0.818. The van der Waals surface area contributed by atoms with E-state index in [1.54, 1.807) is 6.92 Å². The van der Waals surface area contributed by atoms with Crippen LogP contribution in [-0.4, -0.2) is 41.3 Å². The van der Waals surface area contributed by atoms with Crippen molar-refractivity contribution in [2.45, 2.75) is 46.3 Å². The molecule has 0 aliphatic carbocycles. The molecule has 1 N–H and O–H groups in total. The standard InChI is InChI=1S/C19H22F3N3O5S/c1-6-7-30-17(27)13-10(3)14(18(28)29-5)31-16(13)23-15(26)11(4)25-9(2)8-12(24-25)19(20,21)22/h8,11H,6-7H2,1-5H3,(H,23,26). The number of methoxy groups -OCH3 is 1. The van der Waals surface area contributed by atoms with Crippen LogP contribution in [0.2, 0.25) is 0 Å². The molecule has 0 bridgehead atoms. The summed E-state index contributed by atoms with van der Waals surface area (Å²) < 4.78 is 49.5. The largest absolute Gasteiger partial charge is 0.465 e. The number of aryl methyl sites for hydroxylation is 1. The van der Waals surface area contributed by atoms with E-state index in [9.17, 15) is 27.6 Å². The van der Waals surface area contributed by atoms with Crippen molar-refractivity contribution in [3.8, 4) is 0 Å². The van der Waals surface area contributed by atoms with E-state index >= 15 is 0 Å². The molecule has 1 unspecified atom stereocenters. The molecule has 31 heavy (non-hydrogen) atoms. The Kier molecular flexibility index (Phi) is 7.47. The van der Waals surface area contributed by atoms with E-state index < -0.39 is 35.8 Å². The molecule has 0 aromatic carbocycles. The molecule has 1 atom stereocenters. The van der Waals surface area contributed by atoms with Gasteiger partial charge in [0.15, 0.2) is 5.69 Å². The van der Waals surface area contributed by atoms with E-state index in [-0.39, 0.29) is 33.3 Å². The van der Waals surface area contributed by atoms with Crippen LogP contribution in [0.15, 0.2) is 6.07 Å². The van der Waals surface area contributed by atoms with Gasteiger partial charge in [0, 0.05) is 5.69 Å². The Morgan fingerprint density at radius 2 is 1.90 bits per heavy atom. The van der Waals surface area contributed by atoms with E-state index in [0.29, 0.717) is 6.42 Å². The third kappa shape index (κ3) is 5.24. The SMILES string of the molecule is CCCOC(=O)c1c(NC(=O)C(C)n2nc(C(F)(F)F)cc2C)sc(C(=O)OC)c1C. The fourth-order valence-corrected chi connectivity index (χ4v) is 3.86. The monoisotopic (exact) mass is 461 g/mol. The predicted octanol–water partition coefficient (Wildman–Crippen LogP) is 4.13. The fraction of sp³-hybridized carbons (Fsp3) is 0.474. The highest BCUT2D eigenvalue weighted by Crippen LogP contribution is 2.35. The number of esters is 2. The van der Waals surface area contributed by atoms with Crippen LogP contribution in [-0.2, 0) is 20.4 Å². The van der Waals surface area contributed by atoms with Gasteiger partial charge in [0.25, 0.3) is 0 Å². The van der Waals surface area contributed by atoms with Crippen LogP contribution in [0.25, 0.3) is 0 Å². The summed E-state index contributed by atoms with van der Waals surface area (Å²) in [5.41, 5.74) is -0.716. The van der Waals surface area contributed by atoms with Gasteiger partial charge in [-0.1, -0.05) is 6.92 Å². The van der Waals surface area contributed by atoms with Crippen molar-refractivity contribution in [1.29, 1.82) is 0 Å². The summed E-state index contributed by atoms with van der Waals surface area (Å²) in [7, 11) is 1.18. The Bertz CT molecular complexity index is 997. The lowest BCUT2D eigenvalue weighted by Gasteiger charge is -2.15. The molecule has 1 amide bonds. The van der Waals surface area contributed by atoms with Crippen molar-refractivity contribution in [3.63, 3.8) is 0 Å². The van der Waals surface area contributed by atoms with Crippen molar-refractivity contribution >= 4 is 34.2 Å². The molecule has 0 fully saturated rings. The maximum absolute atomic E-state index is 12.9. The second-order valence-corrected chi connectivity index (χ2v) is 7.69. The zero-order valence-corrected chi connectivity index (χ0v) is 18.4. The van der Waals surface area contributed by atoms with Gasteiger partial charge in [0.05, 0.1) is 19.3 Å². The number of carbonyl (C=O) groups is 3. The van der Waals surface area contributed by atoms with Crippen molar-refractivity contribution in [2.24, 2.45) is 0 Å². The molecule has 8 nitrogen and oxygen atoms in total. The molecule has 12 heteroatoms. The van der Waals surface area contributed by atoms with Gasteiger partial charge in [-0.3, -0.25) is 9.48 Å². The minimum Gasteiger partial charge on any atom is -0.465 e. The number of amides is 1. The van der Waals surface area contributed by atoms with E-state index in [2.05, 4.69) is 10.4 Å². The van der Waals surface area contributed by atoms with Crippen molar-refractivity contribution in [1.82, 2.24) is 9.78 Å². The molecule has 0 spiro atoms. The molecule has 2 heterocycles. The highest BCUT2D eigenvalue weighted by atomic mass is 32.1. The van der Waals surface area contributed by atoms with Crippen LogP contribution < -0.4 is 5.32 Å². The summed E-state index contributed by atoms with van der Waals surface area (Å²) in [5.74, 6) is -2.15. The van der Waals surface area contributed by atoms with Gasteiger partial charge >= 0.3 is 18.1 Å². The summed E-state index contributed by atoms with van der Waals surface area (Å²) in [6.45, 7) is 6.21. The molecular formula is C19H22F3N3O5S. The number of rotatable bonds is 7. The highest BCUT2D eigenvalue weighted by Gasteiger charge is 2.36. The number of nitrogens with one attached hydrogen (secondary N) is 1. The number of anilines is 1. The average Bonchev–Trinajstić information content (AvgIpc) is 3.25. The second kappa shape index (κ2) is 9.50. The first-order chi connectivity index (χ1) is 14.4. The first-order valence-corrected chi connectivity index (χ1v) is 10.1. The van der Waals surface area contributed by atoms with Gasteiger partial charge in [-0.25, -0.2) is 9.59 Å². The van der Waals surface area contributed by atoms with Gasteiger partial charge in [0.1, 0.15) is 15.9 Å². The first kappa shape index (κ1) is 24.4. The Labute approximate surface area is 180 Å². The van der Waals surface area contributed by atoms with Gasteiger partial charge < -0.3 is 14.8 Å². The third-order valence-electron chi connectivity index (χ3n) is 4.35. The molecule has 0 saturated heterocycles. The van der Waals surface area contributed by atoms with Crippen molar-refractivity contribution in [2.75, 3.05) is 19.0 Å². The molecular weight excluding hydrogens is 439 g/mol. The molecule has 0 radical (unpaired) electrons. The van der Waals surface area contributed by atoms with E-state index in [0.717, 1.165) is 22.1 Å². The minimum atomic E-state index is -4.65. The second-order valence-electron chi connectivity index (χ2n) is 6.67. The van der Waals surface area contributed by atoms with Crippen LogP contribution in [0.3, 0.4) is 0 Å². The topological polar surface area (TPSA) is 99.5 Å². The van der Waals surface area contributed by atoms with Crippen molar-refractivity contribution in [3.05, 3.63) is 33.5 Å². The molecule has 2 aromatic rings. The van der Waals surface area contributed by atoms with E-state index in [1.165, 1.54) is 27.9 Å². The molecule has 2 aromatic heterocycles. The summed E-state index contributed by atoms with van der Waals surface area (Å²) in [6.07, 6.45) is -4.08. The number of carbonyl (C=O) groups excluding carboxylic acids is 3. The fourth-order valence-electron chi connectivity index (χ4n) is 2.75. The number of alkyl halides is 3. The smallest absolute Gasteiger partial charge is 0.435 e. The number of hydrogen-bond donors (Lipinski definition) is 1. The number of thiophene rings is 1. The van der Waals surface area contributed by atoms with Crippen LogP contribution in [0, 0.1) is 13.8 Å². The lowest BCUT2D eigenvalue weighted by atomic mass is 10.1. The summed E-state index contributed by atoms with van der Waals surface area (Å²) in [5, 5.41) is 6.02. The molecule has 0 aliphatic rings. The maximum atomic E-state index is 12.9. The zero-order chi connectivity index (χ0) is 23.5. The number of ether oxygens (including phenoxy) is 2. The summed E-state index contributed by atoms with van der Waals surface area (Å²) in [6, 6.07) is -0.290. The first-order valence-electron chi connectivity index (χ1n) is 9.25. The quantitative estimate of drug-likeness (QED) is 0.623. The third-order valence-corrected chi connectivity index (χ3v) is 5.54. The normalized spacial score (nSPS) is 12.4. The number of aromatic nitrogens is 2. The molecule has 0 saturated carbocycles. The van der Waals surface area contributed by atoms with Crippen LogP contribution in [0.4, 0.5) is 18.2 Å². The van der Waals surface area contributed by atoms with Gasteiger partial charge in [-0.05, 0) is 38.8 Å².